The van der Waals surface area contributed by atoms with E-state index in [0.29, 0.717) is 11.6 Å². The molecule has 3 rings (SSSR count). The van der Waals surface area contributed by atoms with Crippen LogP contribution in [0, 0.1) is 6.92 Å². The predicted molar refractivity (Wildman–Crippen MR) is 97.5 cm³/mol. The molecule has 2 heterocycles. The quantitative estimate of drug-likeness (QED) is 0.530. The standard InChI is InChI=1S/C19H22N4O2/c1-14-12-15-6-3-4-7-17(15)23(14)11-5-9-20-19-21-10-8-16(22-19)13-18(24)25-2/h3-4,6-8,10,12H,5,9,11,13H2,1-2H3,(H,20,21,22). The number of fused-ring (bicyclic) bond motifs is 1. The summed E-state index contributed by atoms with van der Waals surface area (Å²) < 4.78 is 6.98. The first-order valence-electron chi connectivity index (χ1n) is 8.35. The molecular formula is C19H22N4O2. The summed E-state index contributed by atoms with van der Waals surface area (Å²) in [6.07, 6.45) is 2.75. The summed E-state index contributed by atoms with van der Waals surface area (Å²) in [4.78, 5) is 19.8. The minimum atomic E-state index is -0.306. The Morgan fingerprint density at radius 3 is 2.96 bits per heavy atom. The molecule has 1 aromatic carbocycles. The number of aromatic nitrogens is 3. The van der Waals surface area contributed by atoms with E-state index in [-0.39, 0.29) is 12.4 Å². The second-order valence-corrected chi connectivity index (χ2v) is 5.90. The van der Waals surface area contributed by atoms with Crippen LogP contribution in [0.1, 0.15) is 17.8 Å². The maximum Gasteiger partial charge on any atom is 0.311 e. The Morgan fingerprint density at radius 2 is 2.12 bits per heavy atom. The molecule has 0 saturated carbocycles. The largest absolute Gasteiger partial charge is 0.469 e. The van der Waals surface area contributed by atoms with Crippen molar-refractivity contribution in [2.45, 2.75) is 26.3 Å². The SMILES string of the molecule is COC(=O)Cc1ccnc(NCCCn2c(C)cc3ccccc32)n1. The van der Waals surface area contributed by atoms with Crippen molar-refractivity contribution in [3.8, 4) is 0 Å². The molecule has 0 unspecified atom stereocenters. The molecule has 6 nitrogen and oxygen atoms in total. The summed E-state index contributed by atoms with van der Waals surface area (Å²) >= 11 is 0. The van der Waals surface area contributed by atoms with Gasteiger partial charge in [-0.15, -0.1) is 0 Å². The van der Waals surface area contributed by atoms with Crippen LogP contribution in [-0.4, -0.2) is 34.2 Å². The number of ether oxygens (including phenoxy) is 1. The highest BCUT2D eigenvalue weighted by Gasteiger charge is 2.06. The minimum Gasteiger partial charge on any atom is -0.469 e. The lowest BCUT2D eigenvalue weighted by atomic mass is 10.2. The Kier molecular flexibility index (Phi) is 5.28. The summed E-state index contributed by atoms with van der Waals surface area (Å²) in [5, 5.41) is 4.49. The van der Waals surface area contributed by atoms with E-state index in [1.807, 2.05) is 0 Å². The highest BCUT2D eigenvalue weighted by molar-refractivity contribution is 5.81. The number of anilines is 1. The molecule has 2 aromatic heterocycles. The van der Waals surface area contributed by atoms with Gasteiger partial charge < -0.3 is 14.6 Å². The Bertz CT molecular complexity index is 873. The maximum atomic E-state index is 11.3. The van der Waals surface area contributed by atoms with Crippen LogP contribution in [0.25, 0.3) is 10.9 Å². The molecule has 0 spiro atoms. The van der Waals surface area contributed by atoms with Gasteiger partial charge in [-0.05, 0) is 36.9 Å². The fourth-order valence-corrected chi connectivity index (χ4v) is 2.88. The summed E-state index contributed by atoms with van der Waals surface area (Å²) in [6, 6.07) is 12.3. The number of rotatable bonds is 7. The van der Waals surface area contributed by atoms with Crippen molar-refractivity contribution in [2.24, 2.45) is 0 Å². The Morgan fingerprint density at radius 1 is 1.28 bits per heavy atom. The van der Waals surface area contributed by atoms with Crippen molar-refractivity contribution in [1.29, 1.82) is 0 Å². The van der Waals surface area contributed by atoms with Gasteiger partial charge in [-0.25, -0.2) is 9.97 Å². The zero-order valence-electron chi connectivity index (χ0n) is 14.5. The molecule has 1 N–H and O–H groups in total. The maximum absolute atomic E-state index is 11.3. The molecule has 0 saturated heterocycles. The van der Waals surface area contributed by atoms with Gasteiger partial charge in [0.15, 0.2) is 0 Å². The zero-order chi connectivity index (χ0) is 17.6. The molecule has 6 heteroatoms. The third-order valence-electron chi connectivity index (χ3n) is 4.13. The third-order valence-corrected chi connectivity index (χ3v) is 4.13. The Hall–Kier alpha value is -2.89. The Labute approximate surface area is 146 Å². The van der Waals surface area contributed by atoms with Gasteiger partial charge in [-0.1, -0.05) is 18.2 Å². The van der Waals surface area contributed by atoms with Crippen LogP contribution in [0.15, 0.2) is 42.6 Å². The highest BCUT2D eigenvalue weighted by Crippen LogP contribution is 2.19. The van der Waals surface area contributed by atoms with Crippen LogP contribution < -0.4 is 5.32 Å². The van der Waals surface area contributed by atoms with Crippen molar-refractivity contribution in [2.75, 3.05) is 19.0 Å². The van der Waals surface area contributed by atoms with E-state index in [9.17, 15) is 4.79 Å². The second-order valence-electron chi connectivity index (χ2n) is 5.90. The average Bonchev–Trinajstić information content (AvgIpc) is 2.94. The molecule has 0 aliphatic carbocycles. The smallest absolute Gasteiger partial charge is 0.311 e. The molecule has 0 fully saturated rings. The van der Waals surface area contributed by atoms with Gasteiger partial charge >= 0.3 is 5.97 Å². The van der Waals surface area contributed by atoms with Gasteiger partial charge in [0.25, 0.3) is 0 Å². The Balaban J connectivity index is 1.55. The third kappa shape index (κ3) is 4.15. The zero-order valence-corrected chi connectivity index (χ0v) is 14.5. The monoisotopic (exact) mass is 338 g/mol. The lowest BCUT2D eigenvalue weighted by molar-refractivity contribution is -0.139. The van der Waals surface area contributed by atoms with Gasteiger partial charge in [0.05, 0.1) is 19.2 Å². The van der Waals surface area contributed by atoms with Crippen LogP contribution in [-0.2, 0) is 22.5 Å². The number of methoxy groups -OCH3 is 1. The van der Waals surface area contributed by atoms with Crippen molar-refractivity contribution in [3.63, 3.8) is 0 Å². The topological polar surface area (TPSA) is 69.0 Å². The van der Waals surface area contributed by atoms with Gasteiger partial charge in [-0.3, -0.25) is 4.79 Å². The van der Waals surface area contributed by atoms with E-state index in [1.54, 1.807) is 12.3 Å². The lowest BCUT2D eigenvalue weighted by Crippen LogP contribution is -2.11. The molecular weight excluding hydrogens is 316 g/mol. The van der Waals surface area contributed by atoms with Crippen LogP contribution in [0.3, 0.4) is 0 Å². The molecule has 130 valence electrons. The van der Waals surface area contributed by atoms with Crippen molar-refractivity contribution in [3.05, 3.63) is 54.0 Å². The van der Waals surface area contributed by atoms with Gasteiger partial charge in [0, 0.05) is 30.5 Å². The molecule has 0 amide bonds. The molecule has 0 aliphatic heterocycles. The summed E-state index contributed by atoms with van der Waals surface area (Å²) in [6.45, 7) is 3.81. The fraction of sp³-hybridized carbons (Fsp3) is 0.316. The van der Waals surface area contributed by atoms with E-state index < -0.39 is 0 Å². The van der Waals surface area contributed by atoms with Gasteiger partial charge in [0.2, 0.25) is 5.95 Å². The van der Waals surface area contributed by atoms with Crippen LogP contribution in [0.5, 0.6) is 0 Å². The molecule has 3 aromatic rings. The number of esters is 1. The molecule has 0 radical (unpaired) electrons. The van der Waals surface area contributed by atoms with Gasteiger partial charge in [-0.2, -0.15) is 0 Å². The number of aryl methyl sites for hydroxylation is 2. The first kappa shape index (κ1) is 17.0. The highest BCUT2D eigenvalue weighted by atomic mass is 16.5. The average molecular weight is 338 g/mol. The number of nitrogens with zero attached hydrogens (tertiary/aromatic N) is 3. The first-order chi connectivity index (χ1) is 12.2. The summed E-state index contributed by atoms with van der Waals surface area (Å²) in [7, 11) is 1.37. The number of hydrogen-bond donors (Lipinski definition) is 1. The number of benzene rings is 1. The van der Waals surface area contributed by atoms with E-state index in [2.05, 4.69) is 61.8 Å². The van der Waals surface area contributed by atoms with E-state index in [4.69, 9.17) is 0 Å². The van der Waals surface area contributed by atoms with Crippen molar-refractivity contribution >= 4 is 22.8 Å². The molecule has 0 atom stereocenters. The number of nitrogens with one attached hydrogen (secondary N) is 1. The second kappa shape index (κ2) is 7.79. The normalized spacial score (nSPS) is 10.8. The first-order valence-corrected chi connectivity index (χ1v) is 8.35. The minimum absolute atomic E-state index is 0.155. The van der Waals surface area contributed by atoms with Crippen LogP contribution >= 0.6 is 0 Å². The van der Waals surface area contributed by atoms with Gasteiger partial charge in [0.1, 0.15) is 0 Å². The van der Waals surface area contributed by atoms with Crippen LogP contribution in [0.4, 0.5) is 5.95 Å². The summed E-state index contributed by atoms with van der Waals surface area (Å²) in [5.74, 6) is 0.232. The van der Waals surface area contributed by atoms with Crippen LogP contribution in [0.2, 0.25) is 0 Å². The number of para-hydroxylation sites is 1. The molecule has 25 heavy (non-hydrogen) atoms. The lowest BCUT2D eigenvalue weighted by Gasteiger charge is -2.09. The predicted octanol–water partition coefficient (Wildman–Crippen LogP) is 2.96. The summed E-state index contributed by atoms with van der Waals surface area (Å²) in [5.41, 5.74) is 3.17. The fourth-order valence-electron chi connectivity index (χ4n) is 2.88. The van der Waals surface area contributed by atoms with E-state index >= 15 is 0 Å². The molecule has 0 bridgehead atoms. The van der Waals surface area contributed by atoms with Crippen molar-refractivity contribution < 1.29 is 9.53 Å². The molecule has 0 aliphatic rings. The van der Waals surface area contributed by atoms with Crippen molar-refractivity contribution in [1.82, 2.24) is 14.5 Å². The number of carbonyl (C=O) groups excluding carboxylic acids is 1. The van der Waals surface area contributed by atoms with E-state index in [0.717, 1.165) is 19.5 Å². The number of hydrogen-bond acceptors (Lipinski definition) is 5. The van der Waals surface area contributed by atoms with E-state index in [1.165, 1.54) is 23.7 Å². The number of carbonyl (C=O) groups is 1.